The molecule has 0 bridgehead atoms. The molecule has 40 heavy (non-hydrogen) atoms. The number of hydrogen-bond donors (Lipinski definition) is 1. The van der Waals surface area contributed by atoms with Gasteiger partial charge in [-0.1, -0.05) is 43.4 Å². The van der Waals surface area contributed by atoms with Crippen molar-refractivity contribution < 1.29 is 23.4 Å². The molecule has 0 saturated carbocycles. The van der Waals surface area contributed by atoms with Gasteiger partial charge in [-0.2, -0.15) is 9.97 Å². The maximum atomic E-state index is 13.2. The summed E-state index contributed by atoms with van der Waals surface area (Å²) in [5.74, 6) is 1.45. The third-order valence-electron chi connectivity index (χ3n) is 7.80. The predicted octanol–water partition coefficient (Wildman–Crippen LogP) is 4.91. The summed E-state index contributed by atoms with van der Waals surface area (Å²) in [7, 11) is 5.66. The van der Waals surface area contributed by atoms with E-state index in [0.717, 1.165) is 43.3 Å². The molecule has 0 radical (unpaired) electrons. The van der Waals surface area contributed by atoms with E-state index >= 15 is 0 Å². The lowest BCUT2D eigenvalue weighted by atomic mass is 10.0. The summed E-state index contributed by atoms with van der Waals surface area (Å²) in [6.07, 6.45) is 2.01. The van der Waals surface area contributed by atoms with Gasteiger partial charge in [-0.15, -0.1) is 0 Å². The number of rotatable bonds is 10. The Bertz CT molecular complexity index is 1310. The molecule has 4 rings (SSSR count). The molecule has 1 aliphatic rings. The molecule has 10 nitrogen and oxygen atoms in total. The van der Waals surface area contributed by atoms with E-state index in [1.807, 2.05) is 6.92 Å². The smallest absolute Gasteiger partial charge is 0.291 e. The van der Waals surface area contributed by atoms with Crippen molar-refractivity contribution in [3.63, 3.8) is 0 Å². The van der Waals surface area contributed by atoms with E-state index in [9.17, 15) is 4.79 Å². The third-order valence-corrected chi connectivity index (χ3v) is 11.4. The molecule has 1 N–H and O–H groups in total. The minimum absolute atomic E-state index is 0.0750. The molecule has 1 fully saturated rings. The van der Waals surface area contributed by atoms with Gasteiger partial charge in [0.1, 0.15) is 5.75 Å². The van der Waals surface area contributed by atoms with Crippen LogP contribution in [0.25, 0.3) is 0 Å². The van der Waals surface area contributed by atoms with Crippen LogP contribution in [-0.4, -0.2) is 76.3 Å². The van der Waals surface area contributed by atoms with Crippen LogP contribution in [0.4, 0.5) is 11.6 Å². The van der Waals surface area contributed by atoms with Gasteiger partial charge < -0.3 is 33.7 Å². The number of carbonyl (C=O) groups is 1. The number of amides is 1. The average Bonchev–Trinajstić information content (AvgIpc) is 3.42. The molecular formula is C29H41N5O5Si. The van der Waals surface area contributed by atoms with Gasteiger partial charge in [0.25, 0.3) is 11.9 Å². The molecule has 11 heteroatoms. The number of hydrogen-bond acceptors (Lipinski definition) is 9. The molecule has 0 spiro atoms. The first-order chi connectivity index (χ1) is 19.1. The van der Waals surface area contributed by atoms with Crippen molar-refractivity contribution >= 4 is 30.8 Å². The molecule has 3 heterocycles. The largest absolute Gasteiger partial charge is 0.479 e. The van der Waals surface area contributed by atoms with Gasteiger partial charge in [0.15, 0.2) is 11.4 Å². The summed E-state index contributed by atoms with van der Waals surface area (Å²) in [6, 6.07) is 11.2. The molecular weight excluding hydrogens is 526 g/mol. The van der Waals surface area contributed by atoms with Crippen molar-refractivity contribution in [2.24, 2.45) is 0 Å². The van der Waals surface area contributed by atoms with E-state index in [0.29, 0.717) is 12.0 Å². The Morgan fingerprint density at radius 2 is 1.75 bits per heavy atom. The van der Waals surface area contributed by atoms with Crippen LogP contribution in [-0.2, 0) is 0 Å². The van der Waals surface area contributed by atoms with Gasteiger partial charge in [0, 0.05) is 25.2 Å². The van der Waals surface area contributed by atoms with Crippen LogP contribution in [0.5, 0.6) is 23.5 Å². The zero-order chi connectivity index (χ0) is 29.0. The van der Waals surface area contributed by atoms with E-state index in [4.69, 9.17) is 18.6 Å². The Balaban J connectivity index is 1.50. The zero-order valence-electron chi connectivity index (χ0n) is 24.8. The van der Waals surface area contributed by atoms with Gasteiger partial charge in [-0.3, -0.25) is 4.79 Å². The number of benzene rings is 1. The Morgan fingerprint density at radius 1 is 1.10 bits per heavy atom. The molecule has 1 aliphatic heterocycles. The number of nitrogens with zero attached hydrogens (tertiary/aromatic N) is 4. The molecule has 3 aromatic rings. The first-order valence-electron chi connectivity index (χ1n) is 13.7. The van der Waals surface area contributed by atoms with Gasteiger partial charge in [0.05, 0.1) is 22.3 Å². The SMILES string of the molecule is CC[Si](C)(C)c1ccc(C)c(Oc2ccc(C(=O)Nc3c(OC)nc(N4CCC(N(C)C)CC4)nc3OC)o2)c1. The topological polar surface area (TPSA) is 102 Å². The number of anilines is 2. The van der Waals surface area contributed by atoms with E-state index in [2.05, 4.69) is 77.4 Å². The van der Waals surface area contributed by atoms with Gasteiger partial charge in [0.2, 0.25) is 17.7 Å². The monoisotopic (exact) mass is 567 g/mol. The maximum absolute atomic E-state index is 13.2. The second kappa shape index (κ2) is 12.3. The Kier molecular flexibility index (Phi) is 9.04. The fraction of sp³-hybridized carbons (Fsp3) is 0.483. The number of furan rings is 1. The molecule has 0 unspecified atom stereocenters. The zero-order valence-corrected chi connectivity index (χ0v) is 25.8. The van der Waals surface area contributed by atoms with Crippen LogP contribution < -0.4 is 29.6 Å². The van der Waals surface area contributed by atoms with Gasteiger partial charge >= 0.3 is 0 Å². The Morgan fingerprint density at radius 3 is 2.33 bits per heavy atom. The highest BCUT2D eigenvalue weighted by Gasteiger charge is 2.27. The summed E-state index contributed by atoms with van der Waals surface area (Å²) < 4.78 is 22.9. The first-order valence-corrected chi connectivity index (χ1v) is 16.9. The average molecular weight is 568 g/mol. The van der Waals surface area contributed by atoms with Crippen LogP contribution in [0.3, 0.4) is 0 Å². The summed E-state index contributed by atoms with van der Waals surface area (Å²) >= 11 is 0. The lowest BCUT2D eigenvalue weighted by Gasteiger charge is -2.35. The molecule has 1 saturated heterocycles. The van der Waals surface area contributed by atoms with E-state index in [1.165, 1.54) is 19.4 Å². The second-order valence-electron chi connectivity index (χ2n) is 11.0. The fourth-order valence-electron chi connectivity index (χ4n) is 4.65. The molecule has 0 aliphatic carbocycles. The highest BCUT2D eigenvalue weighted by Crippen LogP contribution is 2.35. The number of piperidine rings is 1. The van der Waals surface area contributed by atoms with Crippen LogP contribution in [0.1, 0.15) is 35.9 Å². The maximum Gasteiger partial charge on any atom is 0.291 e. The number of ether oxygens (including phenoxy) is 3. The predicted molar refractivity (Wildman–Crippen MR) is 160 cm³/mol. The first kappa shape index (κ1) is 29.4. The number of methoxy groups -OCH3 is 2. The van der Waals surface area contributed by atoms with E-state index < -0.39 is 14.0 Å². The summed E-state index contributed by atoms with van der Waals surface area (Å²) in [5.41, 5.74) is 1.22. The van der Waals surface area contributed by atoms with Crippen molar-refractivity contribution in [2.45, 2.75) is 51.9 Å². The molecule has 1 amide bonds. The van der Waals surface area contributed by atoms with Crippen molar-refractivity contribution in [1.82, 2.24) is 14.9 Å². The molecule has 1 aromatic carbocycles. The van der Waals surface area contributed by atoms with Gasteiger partial charge in [-0.25, -0.2) is 0 Å². The molecule has 2 aromatic heterocycles. The van der Waals surface area contributed by atoms with Crippen molar-refractivity contribution in [1.29, 1.82) is 0 Å². The Hall–Kier alpha value is -3.57. The third kappa shape index (κ3) is 6.42. The second-order valence-corrected chi connectivity index (χ2v) is 16.0. The van der Waals surface area contributed by atoms with Crippen LogP contribution in [0.2, 0.25) is 19.1 Å². The number of carbonyl (C=O) groups excluding carboxylic acids is 1. The standard InChI is InChI=1S/C29H41N5O5Si/c1-9-40(7,8)21-11-10-19(2)23(18-21)39-24-13-12-22(38-24)26(35)30-25-27(36-5)31-29(32-28(25)37-6)34-16-14-20(15-17-34)33(3)4/h10-13,18,20H,9,14-17H2,1-8H3,(H,30,35). The number of aryl methyl sites for hydroxylation is 1. The van der Waals surface area contributed by atoms with Crippen molar-refractivity contribution in [2.75, 3.05) is 51.6 Å². The number of aromatic nitrogens is 2. The minimum atomic E-state index is -1.54. The van der Waals surface area contributed by atoms with Crippen LogP contribution in [0.15, 0.2) is 34.7 Å². The highest BCUT2D eigenvalue weighted by atomic mass is 28.3. The molecule has 0 atom stereocenters. The van der Waals surface area contributed by atoms with Crippen molar-refractivity contribution in [3.8, 4) is 23.5 Å². The van der Waals surface area contributed by atoms with E-state index in [1.54, 1.807) is 12.1 Å². The summed E-state index contributed by atoms with van der Waals surface area (Å²) in [6.45, 7) is 10.5. The number of nitrogens with one attached hydrogen (secondary N) is 1. The van der Waals surface area contributed by atoms with E-state index in [-0.39, 0.29) is 29.2 Å². The van der Waals surface area contributed by atoms with Gasteiger partial charge in [-0.05, 0) is 51.6 Å². The summed E-state index contributed by atoms with van der Waals surface area (Å²) in [4.78, 5) is 26.7. The van der Waals surface area contributed by atoms with Crippen LogP contribution in [0, 0.1) is 6.92 Å². The normalized spacial score (nSPS) is 14.4. The lowest BCUT2D eigenvalue weighted by Crippen LogP contribution is -2.42. The van der Waals surface area contributed by atoms with Crippen molar-refractivity contribution in [3.05, 3.63) is 41.7 Å². The fourth-order valence-corrected chi connectivity index (χ4v) is 6.12. The molecule has 216 valence electrons. The minimum Gasteiger partial charge on any atom is -0.479 e. The lowest BCUT2D eigenvalue weighted by molar-refractivity contribution is 0.0990. The van der Waals surface area contributed by atoms with Crippen LogP contribution >= 0.6 is 0 Å². The quantitative estimate of drug-likeness (QED) is 0.343. The summed E-state index contributed by atoms with van der Waals surface area (Å²) in [5, 5.41) is 4.10. The Labute approximate surface area is 237 Å². The highest BCUT2D eigenvalue weighted by molar-refractivity contribution is 6.89.